The number of hydrogen-bond donors (Lipinski definition) is 0. The molecule has 1 unspecified atom stereocenters. The van der Waals surface area contributed by atoms with Crippen LogP contribution < -0.4 is 0 Å². The van der Waals surface area contributed by atoms with Gasteiger partial charge in [0.1, 0.15) is 4.08 Å². The number of likely N-dealkylation sites (tertiary alicyclic amines) is 1. The summed E-state index contributed by atoms with van der Waals surface area (Å²) in [6.45, 7) is 5.02. The predicted molar refractivity (Wildman–Crippen MR) is 124 cm³/mol. The number of piperidine rings is 1. The number of rotatable bonds is 6. The average molecular weight is 450 g/mol. The zero-order valence-corrected chi connectivity index (χ0v) is 19.5. The maximum atomic E-state index is 12.7. The Bertz CT molecular complexity index is 900. The largest absolute Gasteiger partial charge is 0.447 e. The molecule has 1 amide bonds. The van der Waals surface area contributed by atoms with Crippen molar-refractivity contribution in [3.63, 3.8) is 0 Å². The lowest BCUT2D eigenvalue weighted by molar-refractivity contribution is 0.0667. The Kier molecular flexibility index (Phi) is 7.34. The molecule has 0 N–H and O–H groups in total. The van der Waals surface area contributed by atoms with Gasteiger partial charge in [0.05, 0.1) is 6.10 Å². The third-order valence-corrected chi connectivity index (χ3v) is 9.88. The van der Waals surface area contributed by atoms with Gasteiger partial charge in [-0.25, -0.2) is 13.2 Å². The number of sulfone groups is 1. The summed E-state index contributed by atoms with van der Waals surface area (Å²) >= 11 is 1.52. The van der Waals surface area contributed by atoms with E-state index < -0.39 is 13.9 Å². The van der Waals surface area contributed by atoms with Gasteiger partial charge >= 0.3 is 6.09 Å². The molecule has 164 valence electrons. The smallest absolute Gasteiger partial charge is 0.410 e. The van der Waals surface area contributed by atoms with Crippen molar-refractivity contribution >= 4 is 33.3 Å². The number of carbonyl (C=O) groups excluding carboxylic acids is 1. The number of benzene rings is 1. The first-order chi connectivity index (χ1) is 14.2. The Morgan fingerprint density at radius 3 is 2.43 bits per heavy atom. The molecule has 30 heavy (non-hydrogen) atoms. The van der Waals surface area contributed by atoms with Crippen molar-refractivity contribution in [2.24, 2.45) is 5.92 Å². The molecule has 5 nitrogen and oxygen atoms in total. The van der Waals surface area contributed by atoms with E-state index in [0.717, 1.165) is 29.7 Å². The standard InChI is InChI=1S/C23H31NO4S2/c1-18(2)28-22(25)24-15-11-19(12-16-24)17-29-23(30(3,26)27)13-9-21(10-14-23)20-7-5-4-6-8-20/h4-10,13,18-19H,11-12,14-17H2,1-3H3. The summed E-state index contributed by atoms with van der Waals surface area (Å²) in [6.07, 6.45) is 9.01. The highest BCUT2D eigenvalue weighted by atomic mass is 32.3. The Hall–Kier alpha value is -1.73. The van der Waals surface area contributed by atoms with E-state index >= 15 is 0 Å². The Morgan fingerprint density at radius 2 is 1.90 bits per heavy atom. The normalized spacial score (nSPS) is 22.8. The molecule has 0 aromatic heterocycles. The van der Waals surface area contributed by atoms with E-state index in [4.69, 9.17) is 4.74 Å². The van der Waals surface area contributed by atoms with Gasteiger partial charge in [0.15, 0.2) is 9.84 Å². The fourth-order valence-corrected chi connectivity index (χ4v) is 6.73. The molecule has 2 aliphatic rings. The highest BCUT2D eigenvalue weighted by molar-refractivity contribution is 8.14. The summed E-state index contributed by atoms with van der Waals surface area (Å²) in [5, 5.41) is 0. The summed E-state index contributed by atoms with van der Waals surface area (Å²) < 4.78 is 29.8. The number of ether oxygens (including phenoxy) is 1. The lowest BCUT2D eigenvalue weighted by atomic mass is 9.99. The van der Waals surface area contributed by atoms with Crippen molar-refractivity contribution in [1.29, 1.82) is 0 Å². The topological polar surface area (TPSA) is 63.7 Å². The molecular formula is C23H31NO4S2. The maximum Gasteiger partial charge on any atom is 0.410 e. The minimum Gasteiger partial charge on any atom is -0.447 e. The van der Waals surface area contributed by atoms with Crippen LogP contribution in [0.15, 0.2) is 48.6 Å². The molecule has 1 saturated heterocycles. The van der Waals surface area contributed by atoms with Crippen molar-refractivity contribution < 1.29 is 17.9 Å². The monoisotopic (exact) mass is 449 g/mol. The number of hydrogen-bond acceptors (Lipinski definition) is 5. The molecule has 1 atom stereocenters. The van der Waals surface area contributed by atoms with Gasteiger partial charge in [0.25, 0.3) is 0 Å². The van der Waals surface area contributed by atoms with E-state index in [1.54, 1.807) is 4.90 Å². The van der Waals surface area contributed by atoms with E-state index in [0.29, 0.717) is 25.4 Å². The molecule has 0 bridgehead atoms. The number of allylic oxidation sites excluding steroid dienone is 3. The number of nitrogens with zero attached hydrogens (tertiary/aromatic N) is 1. The highest BCUT2D eigenvalue weighted by Crippen LogP contribution is 2.42. The van der Waals surface area contributed by atoms with Crippen LogP contribution in [-0.4, -0.2) is 54.7 Å². The van der Waals surface area contributed by atoms with Gasteiger partial charge < -0.3 is 9.64 Å². The minimum atomic E-state index is -3.28. The van der Waals surface area contributed by atoms with Crippen LogP contribution in [0, 0.1) is 5.92 Å². The van der Waals surface area contributed by atoms with E-state index in [9.17, 15) is 13.2 Å². The molecule has 1 aromatic rings. The summed E-state index contributed by atoms with van der Waals surface area (Å²) in [6, 6.07) is 10.0. The second-order valence-corrected chi connectivity index (χ2v) is 12.2. The molecule has 1 fully saturated rings. The van der Waals surface area contributed by atoms with E-state index in [1.807, 2.05) is 62.4 Å². The number of carbonyl (C=O) groups is 1. The van der Waals surface area contributed by atoms with Gasteiger partial charge in [-0.1, -0.05) is 48.6 Å². The summed E-state index contributed by atoms with van der Waals surface area (Å²) in [4.78, 5) is 13.8. The van der Waals surface area contributed by atoms with Crippen LogP contribution in [0.1, 0.15) is 38.7 Å². The van der Waals surface area contributed by atoms with Crippen molar-refractivity contribution in [1.82, 2.24) is 4.90 Å². The van der Waals surface area contributed by atoms with Crippen molar-refractivity contribution in [2.75, 3.05) is 25.1 Å². The van der Waals surface area contributed by atoms with Crippen molar-refractivity contribution in [3.05, 3.63) is 54.1 Å². The van der Waals surface area contributed by atoms with Crippen LogP contribution in [0.4, 0.5) is 4.79 Å². The molecular weight excluding hydrogens is 418 g/mol. The molecule has 7 heteroatoms. The van der Waals surface area contributed by atoms with Crippen LogP contribution in [0.2, 0.25) is 0 Å². The predicted octanol–water partition coefficient (Wildman–Crippen LogP) is 4.76. The van der Waals surface area contributed by atoms with Crippen molar-refractivity contribution in [2.45, 2.75) is 43.3 Å². The van der Waals surface area contributed by atoms with Crippen LogP contribution in [0.25, 0.3) is 5.57 Å². The molecule has 1 aliphatic carbocycles. The SMILES string of the molecule is CC(C)OC(=O)N1CCC(CSC2(S(C)(=O)=O)C=CC(c3ccccc3)=CC2)CC1. The van der Waals surface area contributed by atoms with Crippen molar-refractivity contribution in [3.8, 4) is 0 Å². The second kappa shape index (κ2) is 9.60. The first kappa shape index (κ1) is 22.9. The summed E-state index contributed by atoms with van der Waals surface area (Å²) in [5.41, 5.74) is 2.16. The van der Waals surface area contributed by atoms with Gasteiger partial charge in [0, 0.05) is 19.3 Å². The molecule has 0 radical (unpaired) electrons. The lowest BCUT2D eigenvalue weighted by Gasteiger charge is -2.35. The zero-order valence-electron chi connectivity index (χ0n) is 17.9. The van der Waals surface area contributed by atoms with E-state index in [-0.39, 0.29) is 12.2 Å². The molecule has 1 aromatic carbocycles. The number of thioether (sulfide) groups is 1. The summed E-state index contributed by atoms with van der Waals surface area (Å²) in [7, 11) is -3.28. The number of amides is 1. The van der Waals surface area contributed by atoms with Crippen LogP contribution in [0.3, 0.4) is 0 Å². The van der Waals surface area contributed by atoms with Gasteiger partial charge in [-0.15, -0.1) is 11.8 Å². The lowest BCUT2D eigenvalue weighted by Crippen LogP contribution is -2.41. The van der Waals surface area contributed by atoms with Gasteiger partial charge in [-0.3, -0.25) is 0 Å². The van der Waals surface area contributed by atoms with Gasteiger partial charge in [-0.05, 0) is 55.9 Å². The zero-order chi connectivity index (χ0) is 21.8. The Labute approximate surface area is 184 Å². The average Bonchev–Trinajstić information content (AvgIpc) is 2.72. The van der Waals surface area contributed by atoms with Crippen LogP contribution in [-0.2, 0) is 14.6 Å². The fourth-order valence-electron chi connectivity index (χ4n) is 3.76. The molecule has 1 aliphatic heterocycles. The molecule has 0 saturated carbocycles. The van der Waals surface area contributed by atoms with Gasteiger partial charge in [0.2, 0.25) is 0 Å². The first-order valence-corrected chi connectivity index (χ1v) is 13.3. The third-order valence-electron chi connectivity index (χ3n) is 5.63. The van der Waals surface area contributed by atoms with Crippen LogP contribution >= 0.6 is 11.8 Å². The van der Waals surface area contributed by atoms with Crippen LogP contribution in [0.5, 0.6) is 0 Å². The molecule has 3 rings (SSSR count). The summed E-state index contributed by atoms with van der Waals surface area (Å²) in [5.74, 6) is 1.16. The third kappa shape index (κ3) is 5.49. The maximum absolute atomic E-state index is 12.7. The van der Waals surface area contributed by atoms with E-state index in [1.165, 1.54) is 18.0 Å². The Balaban J connectivity index is 1.60. The quantitative estimate of drug-likeness (QED) is 0.626. The Morgan fingerprint density at radius 1 is 1.23 bits per heavy atom. The van der Waals surface area contributed by atoms with E-state index in [2.05, 4.69) is 0 Å². The first-order valence-electron chi connectivity index (χ1n) is 10.4. The molecule has 1 heterocycles. The minimum absolute atomic E-state index is 0.118. The second-order valence-electron chi connectivity index (χ2n) is 8.32. The molecule has 0 spiro atoms. The fraction of sp³-hybridized carbons (Fsp3) is 0.522. The van der Waals surface area contributed by atoms with Gasteiger partial charge in [-0.2, -0.15) is 0 Å². The highest BCUT2D eigenvalue weighted by Gasteiger charge is 2.40.